The topological polar surface area (TPSA) is 132 Å². The van der Waals surface area contributed by atoms with Crippen LogP contribution in [0.25, 0.3) is 0 Å². The molecule has 14 heavy (non-hydrogen) atoms. The van der Waals surface area contributed by atoms with Crippen LogP contribution in [0.3, 0.4) is 0 Å². The van der Waals surface area contributed by atoms with Gasteiger partial charge in [0.1, 0.15) is 0 Å². The second-order valence-electron chi connectivity index (χ2n) is 2.48. The van der Waals surface area contributed by atoms with Crippen LogP contribution < -0.4 is 0 Å². The maximum Gasteiger partial charge on any atom is 1.00 e. The zero-order chi connectivity index (χ0) is 10.6. The summed E-state index contributed by atoms with van der Waals surface area (Å²) < 4.78 is 0. The largest absolute Gasteiger partial charge is 1.00 e. The number of carboxylic acid groups (broad SMARTS) is 3. The summed E-state index contributed by atoms with van der Waals surface area (Å²) in [6, 6.07) is 0. The van der Waals surface area contributed by atoms with E-state index in [4.69, 9.17) is 20.4 Å². The summed E-state index contributed by atoms with van der Waals surface area (Å²) in [5.41, 5.74) is -2.74. The first-order valence-corrected chi connectivity index (χ1v) is 3.17. The van der Waals surface area contributed by atoms with Gasteiger partial charge in [-0.2, -0.15) is 0 Å². The molecule has 0 saturated carbocycles. The molecule has 0 aromatic rings. The van der Waals surface area contributed by atoms with Gasteiger partial charge >= 0.3 is 43.1 Å². The fourth-order valence-electron chi connectivity index (χ4n) is 0.714. The van der Waals surface area contributed by atoms with E-state index in [2.05, 4.69) is 0 Å². The van der Waals surface area contributed by atoms with Gasteiger partial charge in [-0.15, -0.1) is 0 Å². The van der Waals surface area contributed by atoms with Crippen LogP contribution in [-0.2, 0) is 36.8 Å². The van der Waals surface area contributed by atoms with Gasteiger partial charge in [-0.25, -0.2) is 4.79 Å². The predicted octanol–water partition coefficient (Wildman–Crippen LogP) is -1.03. The van der Waals surface area contributed by atoms with Gasteiger partial charge < -0.3 is 20.4 Å². The zero-order valence-electron chi connectivity index (χ0n) is 8.73. The first-order valence-electron chi connectivity index (χ1n) is 3.17. The molecule has 0 radical (unpaired) electrons. The number of hydrogen-bond donors (Lipinski definition) is 4. The number of hydrogen-bond acceptors (Lipinski definition) is 4. The molecule has 0 atom stereocenters. The average molecular weight is 302 g/mol. The third-order valence-corrected chi connectivity index (χ3v) is 1.29. The molecule has 0 bridgehead atoms. The van der Waals surface area contributed by atoms with Crippen LogP contribution in [0.15, 0.2) is 0 Å². The van der Waals surface area contributed by atoms with E-state index in [1.165, 1.54) is 0 Å². The van der Waals surface area contributed by atoms with Gasteiger partial charge in [0.05, 0.1) is 12.8 Å². The van der Waals surface area contributed by atoms with Crippen LogP contribution in [-0.4, -0.2) is 43.9 Å². The molecule has 0 rings (SSSR count). The van der Waals surface area contributed by atoms with Crippen molar-refractivity contribution in [3.05, 3.63) is 0 Å². The fraction of sp³-hybridized carbons (Fsp3) is 0.500. The van der Waals surface area contributed by atoms with E-state index in [0.29, 0.717) is 0 Å². The molecule has 4 N–H and O–H groups in total. The standard InChI is InChI=1S/C6H8O7.Ag/c7-3(8)1-6(13,5(11)12)2-4(9)10;/h13H,1-2H2,(H,7,8)(H,9,10)(H,11,12);/q;+1/p+2. The van der Waals surface area contributed by atoms with Crippen molar-refractivity contribution in [3.8, 4) is 0 Å². The second kappa shape index (κ2) is 5.76. The zero-order valence-corrected chi connectivity index (χ0v) is 8.21. The number of aliphatic carboxylic acids is 3. The predicted molar refractivity (Wildman–Crippen MR) is 39.3 cm³/mol. The Balaban J connectivity index is -0.000000240. The first-order chi connectivity index (χ1) is 5.78. The van der Waals surface area contributed by atoms with E-state index >= 15 is 0 Å². The Kier molecular flexibility index (Phi) is 6.41. The minimum Gasteiger partial charge on any atom is -0.481 e. The number of carboxylic acids is 3. The van der Waals surface area contributed by atoms with Crippen molar-refractivity contribution in [2.45, 2.75) is 18.4 Å². The van der Waals surface area contributed by atoms with Crippen LogP contribution in [0.2, 0.25) is 0 Å². The molecule has 8 heteroatoms. The van der Waals surface area contributed by atoms with E-state index < -0.39 is 36.4 Å². The number of aliphatic hydroxyl groups is 1. The van der Waals surface area contributed by atoms with Crippen LogP contribution in [0.4, 0.5) is 0 Å². The Hall–Kier alpha value is -0.890. The summed E-state index contributed by atoms with van der Waals surface area (Å²) in [6.07, 6.45) is -2.29. The van der Waals surface area contributed by atoms with E-state index in [1.54, 1.807) is 0 Å². The maximum absolute atomic E-state index is 10.3. The summed E-state index contributed by atoms with van der Waals surface area (Å²) in [5, 5.41) is 33.8. The maximum atomic E-state index is 10.3. The number of rotatable bonds is 5. The van der Waals surface area contributed by atoms with Crippen molar-refractivity contribution in [2.75, 3.05) is 0 Å². The van der Waals surface area contributed by atoms with Crippen molar-refractivity contribution in [1.29, 1.82) is 0 Å². The third kappa shape index (κ3) is 4.97. The minimum atomic E-state index is -2.74. The molecular formula is C6H10AgO7+3. The molecule has 0 aromatic carbocycles. The van der Waals surface area contributed by atoms with Gasteiger partial charge in [0.15, 0.2) is 5.60 Å². The molecule has 0 aliphatic rings. The Morgan fingerprint density at radius 1 is 1.00 bits per heavy atom. The molecule has 7 nitrogen and oxygen atoms in total. The second-order valence-corrected chi connectivity index (χ2v) is 2.48. The molecule has 0 aliphatic heterocycles. The van der Waals surface area contributed by atoms with Crippen LogP contribution in [0, 0.1) is 0 Å². The number of carbonyl (C=O) groups is 3. The molecule has 0 aliphatic carbocycles. The van der Waals surface area contributed by atoms with E-state index in [1.807, 2.05) is 0 Å². The van der Waals surface area contributed by atoms with Crippen molar-refractivity contribution in [1.82, 2.24) is 0 Å². The Labute approximate surface area is 96.8 Å². The molecule has 0 amide bonds. The van der Waals surface area contributed by atoms with Gasteiger partial charge in [-0.1, -0.05) is 0 Å². The summed E-state index contributed by atoms with van der Waals surface area (Å²) >= 11 is 0. The fourth-order valence-corrected chi connectivity index (χ4v) is 0.714. The van der Waals surface area contributed by atoms with Crippen LogP contribution >= 0.6 is 0 Å². The van der Waals surface area contributed by atoms with Crippen molar-refractivity contribution < 1.29 is 60.0 Å². The smallest absolute Gasteiger partial charge is 0.481 e. The van der Waals surface area contributed by atoms with E-state index in [9.17, 15) is 14.4 Å². The molecule has 0 heterocycles. The molecular weight excluding hydrogens is 292 g/mol. The minimum absolute atomic E-state index is 0. The average Bonchev–Trinajstić information content (AvgIpc) is 1.82. The first kappa shape index (κ1) is 15.6. The van der Waals surface area contributed by atoms with Crippen molar-refractivity contribution >= 4 is 17.9 Å². The van der Waals surface area contributed by atoms with Gasteiger partial charge in [0.25, 0.3) is 0 Å². The van der Waals surface area contributed by atoms with Gasteiger partial charge in [-0.05, 0) is 0 Å². The summed E-state index contributed by atoms with van der Waals surface area (Å²) in [4.78, 5) is 30.5. The summed E-state index contributed by atoms with van der Waals surface area (Å²) in [7, 11) is 0. The van der Waals surface area contributed by atoms with Gasteiger partial charge in [0, 0.05) is 0 Å². The summed E-state index contributed by atoms with van der Waals surface area (Å²) in [6.45, 7) is 0. The van der Waals surface area contributed by atoms with E-state index in [0.717, 1.165) is 0 Å². The third-order valence-electron chi connectivity index (χ3n) is 1.29. The van der Waals surface area contributed by atoms with Gasteiger partial charge in [0.2, 0.25) is 0 Å². The van der Waals surface area contributed by atoms with Gasteiger partial charge in [-0.3, -0.25) is 9.59 Å². The molecule has 0 aromatic heterocycles. The molecule has 0 spiro atoms. The monoisotopic (exact) mass is 301 g/mol. The van der Waals surface area contributed by atoms with Crippen molar-refractivity contribution in [3.63, 3.8) is 0 Å². The van der Waals surface area contributed by atoms with Crippen molar-refractivity contribution in [2.24, 2.45) is 0 Å². The Bertz CT molecular complexity index is 241. The molecule has 0 unspecified atom stereocenters. The Morgan fingerprint density at radius 3 is 1.43 bits per heavy atom. The molecule has 0 saturated heterocycles. The molecule has 84 valence electrons. The molecule has 0 fully saturated rings. The summed E-state index contributed by atoms with van der Waals surface area (Å²) in [5.74, 6) is -5.02. The van der Waals surface area contributed by atoms with Crippen LogP contribution in [0.1, 0.15) is 15.7 Å². The normalized spacial score (nSPS) is 10.1. The Morgan fingerprint density at radius 2 is 1.29 bits per heavy atom. The SMILES string of the molecule is O=C(O)CC(O)(CC(=O)O)C(=O)O.[Ag+].[H+].[H+]. The van der Waals surface area contributed by atoms with E-state index in [-0.39, 0.29) is 25.2 Å². The van der Waals surface area contributed by atoms with Crippen LogP contribution in [0.5, 0.6) is 0 Å². The quantitative estimate of drug-likeness (QED) is 0.477.